The molecule has 0 saturated carbocycles. The molecule has 1 aliphatic rings. The van der Waals surface area contributed by atoms with Crippen molar-refractivity contribution < 1.29 is 19.0 Å². The standard InChI is InChI=1S/C20H25BN2O5/c1-19(2)20(3,4)28-21(27-19)16-7-6-8-17(23(24)25)18(16)22-13-14-9-11-15(26-5)12-10-14/h6-12,22H,13H2,1-5H3. The van der Waals surface area contributed by atoms with E-state index < -0.39 is 23.2 Å². The second-order valence-corrected chi connectivity index (χ2v) is 7.79. The van der Waals surface area contributed by atoms with Gasteiger partial charge in [0.15, 0.2) is 0 Å². The summed E-state index contributed by atoms with van der Waals surface area (Å²) >= 11 is 0. The van der Waals surface area contributed by atoms with Gasteiger partial charge in [0.25, 0.3) is 5.69 Å². The maximum atomic E-state index is 11.6. The van der Waals surface area contributed by atoms with E-state index in [0.29, 0.717) is 17.7 Å². The van der Waals surface area contributed by atoms with Gasteiger partial charge in [-0.3, -0.25) is 10.1 Å². The molecule has 1 N–H and O–H groups in total. The molecule has 0 aromatic heterocycles. The number of nitro groups is 1. The van der Waals surface area contributed by atoms with Crippen LogP contribution in [0.3, 0.4) is 0 Å². The second kappa shape index (κ2) is 7.45. The molecule has 28 heavy (non-hydrogen) atoms. The van der Waals surface area contributed by atoms with Crippen LogP contribution in [-0.2, 0) is 15.9 Å². The van der Waals surface area contributed by atoms with E-state index in [1.807, 2.05) is 52.0 Å². The van der Waals surface area contributed by atoms with Gasteiger partial charge in [-0.25, -0.2) is 0 Å². The minimum absolute atomic E-state index is 0.0132. The Hall–Kier alpha value is -2.58. The Morgan fingerprint density at radius 3 is 2.21 bits per heavy atom. The van der Waals surface area contributed by atoms with Gasteiger partial charge in [0, 0.05) is 18.1 Å². The van der Waals surface area contributed by atoms with Crippen molar-refractivity contribution in [3.63, 3.8) is 0 Å². The van der Waals surface area contributed by atoms with Gasteiger partial charge in [-0.2, -0.15) is 0 Å². The van der Waals surface area contributed by atoms with E-state index in [1.165, 1.54) is 6.07 Å². The Balaban J connectivity index is 1.91. The second-order valence-electron chi connectivity index (χ2n) is 7.79. The highest BCUT2D eigenvalue weighted by Gasteiger charge is 2.52. The number of nitrogens with one attached hydrogen (secondary N) is 1. The number of anilines is 1. The maximum absolute atomic E-state index is 11.6. The van der Waals surface area contributed by atoms with Gasteiger partial charge in [-0.05, 0) is 45.4 Å². The van der Waals surface area contributed by atoms with Gasteiger partial charge < -0.3 is 19.4 Å². The number of nitrogens with zero attached hydrogens (tertiary/aromatic N) is 1. The number of hydrogen-bond donors (Lipinski definition) is 1. The largest absolute Gasteiger partial charge is 0.497 e. The molecule has 0 spiro atoms. The highest BCUT2D eigenvalue weighted by atomic mass is 16.7. The van der Waals surface area contributed by atoms with Crippen LogP contribution in [0.4, 0.5) is 11.4 Å². The molecule has 1 saturated heterocycles. The van der Waals surface area contributed by atoms with Gasteiger partial charge >= 0.3 is 7.12 Å². The number of benzene rings is 2. The van der Waals surface area contributed by atoms with Gasteiger partial charge in [-0.15, -0.1) is 0 Å². The van der Waals surface area contributed by atoms with E-state index in [0.717, 1.165) is 11.3 Å². The van der Waals surface area contributed by atoms with Crippen LogP contribution in [0.1, 0.15) is 33.3 Å². The van der Waals surface area contributed by atoms with Crippen LogP contribution in [0.2, 0.25) is 0 Å². The average Bonchev–Trinajstić information content (AvgIpc) is 2.87. The van der Waals surface area contributed by atoms with Crippen molar-refractivity contribution in [2.75, 3.05) is 12.4 Å². The number of hydrogen-bond acceptors (Lipinski definition) is 6. The fourth-order valence-corrected chi connectivity index (χ4v) is 3.00. The van der Waals surface area contributed by atoms with Crippen LogP contribution in [0.25, 0.3) is 0 Å². The minimum Gasteiger partial charge on any atom is -0.497 e. The van der Waals surface area contributed by atoms with E-state index >= 15 is 0 Å². The lowest BCUT2D eigenvalue weighted by molar-refractivity contribution is -0.383. The minimum atomic E-state index is -0.691. The smallest absolute Gasteiger partial charge is 0.497 e. The molecule has 7 nitrogen and oxygen atoms in total. The summed E-state index contributed by atoms with van der Waals surface area (Å²) in [6, 6.07) is 12.5. The summed E-state index contributed by atoms with van der Waals surface area (Å²) in [5.41, 5.74) is 0.910. The molecule has 2 aromatic rings. The van der Waals surface area contributed by atoms with E-state index in [2.05, 4.69) is 5.32 Å². The van der Waals surface area contributed by atoms with E-state index in [9.17, 15) is 10.1 Å². The molecular weight excluding hydrogens is 359 g/mol. The van der Waals surface area contributed by atoms with Crippen LogP contribution in [0, 0.1) is 10.1 Å². The topological polar surface area (TPSA) is 82.9 Å². The first-order valence-corrected chi connectivity index (χ1v) is 9.14. The lowest BCUT2D eigenvalue weighted by atomic mass is 9.77. The summed E-state index contributed by atoms with van der Waals surface area (Å²) in [4.78, 5) is 11.2. The summed E-state index contributed by atoms with van der Waals surface area (Å²) in [6.07, 6.45) is 0. The molecule has 148 valence electrons. The fraction of sp³-hybridized carbons (Fsp3) is 0.400. The SMILES string of the molecule is COc1ccc(CNc2c(B3OC(C)(C)C(C)(C)O3)cccc2[N+](=O)[O-])cc1. The first-order chi connectivity index (χ1) is 13.1. The van der Waals surface area contributed by atoms with Crippen LogP contribution < -0.4 is 15.5 Å². The molecule has 2 aromatic carbocycles. The van der Waals surface area contributed by atoms with Crippen LogP contribution >= 0.6 is 0 Å². The number of ether oxygens (including phenoxy) is 1. The third-order valence-electron chi connectivity index (χ3n) is 5.41. The van der Waals surface area contributed by atoms with Gasteiger partial charge in [0.1, 0.15) is 11.4 Å². The van der Waals surface area contributed by atoms with Crippen molar-refractivity contribution in [1.82, 2.24) is 0 Å². The normalized spacial score (nSPS) is 17.4. The Labute approximate surface area is 165 Å². The predicted octanol–water partition coefficient (Wildman–Crippen LogP) is 3.51. The molecule has 0 aliphatic carbocycles. The number of nitro benzene ring substituents is 1. The molecule has 0 amide bonds. The Kier molecular flexibility index (Phi) is 5.36. The Morgan fingerprint density at radius 2 is 1.68 bits per heavy atom. The molecule has 1 aliphatic heterocycles. The zero-order valence-corrected chi connectivity index (χ0v) is 16.8. The number of para-hydroxylation sites is 1. The fourth-order valence-electron chi connectivity index (χ4n) is 3.00. The van der Waals surface area contributed by atoms with Crippen molar-refractivity contribution in [3.05, 3.63) is 58.1 Å². The number of rotatable bonds is 6. The monoisotopic (exact) mass is 384 g/mol. The van der Waals surface area contributed by atoms with Crippen molar-refractivity contribution in [2.45, 2.75) is 45.4 Å². The molecule has 1 heterocycles. The van der Waals surface area contributed by atoms with Crippen molar-refractivity contribution in [2.24, 2.45) is 0 Å². The predicted molar refractivity (Wildman–Crippen MR) is 109 cm³/mol. The molecule has 8 heteroatoms. The first-order valence-electron chi connectivity index (χ1n) is 9.14. The van der Waals surface area contributed by atoms with Crippen LogP contribution in [-0.4, -0.2) is 30.4 Å². The van der Waals surface area contributed by atoms with Gasteiger partial charge in [-0.1, -0.05) is 24.3 Å². The summed E-state index contributed by atoms with van der Waals surface area (Å²) in [7, 11) is 0.917. The summed E-state index contributed by atoms with van der Waals surface area (Å²) < 4.78 is 17.4. The molecule has 1 fully saturated rings. The summed E-state index contributed by atoms with van der Waals surface area (Å²) in [6.45, 7) is 8.23. The Bertz CT molecular complexity index is 851. The van der Waals surface area contributed by atoms with Crippen LogP contribution in [0.5, 0.6) is 5.75 Å². The van der Waals surface area contributed by atoms with Crippen LogP contribution in [0.15, 0.2) is 42.5 Å². The number of methoxy groups -OCH3 is 1. The zero-order chi connectivity index (χ0) is 20.5. The van der Waals surface area contributed by atoms with Crippen molar-refractivity contribution >= 4 is 24.0 Å². The quantitative estimate of drug-likeness (QED) is 0.466. The summed E-state index contributed by atoms with van der Waals surface area (Å²) in [5.74, 6) is 0.757. The van der Waals surface area contributed by atoms with Gasteiger partial charge in [0.2, 0.25) is 0 Å². The molecule has 0 atom stereocenters. The Morgan fingerprint density at radius 1 is 1.07 bits per heavy atom. The van der Waals surface area contributed by atoms with Gasteiger partial charge in [0.05, 0.1) is 23.2 Å². The average molecular weight is 384 g/mol. The highest BCUT2D eigenvalue weighted by molar-refractivity contribution is 6.64. The molecule has 3 rings (SSSR count). The molecule has 0 radical (unpaired) electrons. The highest BCUT2D eigenvalue weighted by Crippen LogP contribution is 2.37. The molecular formula is C20H25BN2O5. The first kappa shape index (κ1) is 20.2. The zero-order valence-electron chi connectivity index (χ0n) is 16.8. The lowest BCUT2D eigenvalue weighted by Gasteiger charge is -2.32. The van der Waals surface area contributed by atoms with E-state index in [4.69, 9.17) is 14.0 Å². The van der Waals surface area contributed by atoms with Crippen molar-refractivity contribution in [1.29, 1.82) is 0 Å². The lowest BCUT2D eigenvalue weighted by Crippen LogP contribution is -2.41. The van der Waals surface area contributed by atoms with E-state index in [-0.39, 0.29) is 5.69 Å². The third kappa shape index (κ3) is 3.83. The molecule has 0 unspecified atom stereocenters. The van der Waals surface area contributed by atoms with Crippen molar-refractivity contribution in [3.8, 4) is 5.75 Å². The van der Waals surface area contributed by atoms with E-state index in [1.54, 1.807) is 19.2 Å². The third-order valence-corrected chi connectivity index (χ3v) is 5.41. The summed E-state index contributed by atoms with van der Waals surface area (Å²) in [5, 5.41) is 14.8. The molecule has 0 bridgehead atoms. The maximum Gasteiger partial charge on any atom is 0.497 e.